The summed E-state index contributed by atoms with van der Waals surface area (Å²) in [5.74, 6) is -0.260. The quantitative estimate of drug-likeness (QED) is 0.680. The highest BCUT2D eigenvalue weighted by atomic mass is 16.4. The summed E-state index contributed by atoms with van der Waals surface area (Å²) >= 11 is 0. The molecule has 15 heavy (non-hydrogen) atoms. The van der Waals surface area contributed by atoms with Crippen LogP contribution in [0.5, 0.6) is 0 Å². The smallest absolute Gasteiger partial charge is 0.388 e. The van der Waals surface area contributed by atoms with E-state index in [1.807, 2.05) is 0 Å². The zero-order valence-electron chi connectivity index (χ0n) is 8.01. The van der Waals surface area contributed by atoms with Crippen molar-refractivity contribution in [2.24, 2.45) is 7.05 Å². The van der Waals surface area contributed by atoms with Crippen molar-refractivity contribution in [3.8, 4) is 11.5 Å². The lowest BCUT2D eigenvalue weighted by atomic mass is 10.1. The summed E-state index contributed by atoms with van der Waals surface area (Å²) in [6, 6.07) is 6.62. The molecule has 0 aliphatic rings. The zero-order valence-corrected chi connectivity index (χ0v) is 8.01. The molecule has 5 heteroatoms. The first kappa shape index (κ1) is 9.39. The molecule has 0 unspecified atom stereocenters. The number of hydrogen-bond donors (Lipinski definition) is 0. The third-order valence-electron chi connectivity index (χ3n) is 1.98. The van der Waals surface area contributed by atoms with E-state index in [1.165, 1.54) is 7.05 Å². The van der Waals surface area contributed by atoms with Gasteiger partial charge in [-0.3, -0.25) is 4.79 Å². The van der Waals surface area contributed by atoms with Crippen molar-refractivity contribution in [2.45, 2.75) is 0 Å². The molecule has 0 amide bonds. The van der Waals surface area contributed by atoms with E-state index >= 15 is 0 Å². The van der Waals surface area contributed by atoms with Crippen LogP contribution in [-0.4, -0.2) is 16.1 Å². The van der Waals surface area contributed by atoms with Crippen LogP contribution in [0.3, 0.4) is 0 Å². The summed E-state index contributed by atoms with van der Waals surface area (Å²) in [5.41, 5.74) is 1.23. The van der Waals surface area contributed by atoms with Crippen molar-refractivity contribution in [1.29, 1.82) is 0 Å². The van der Waals surface area contributed by atoms with Gasteiger partial charge in [-0.25, -0.2) is 4.79 Å². The average molecular weight is 204 g/mol. The maximum Gasteiger partial charge on any atom is 0.437 e. The Bertz CT molecular complexity index is 537. The van der Waals surface area contributed by atoms with Crippen LogP contribution in [0.1, 0.15) is 10.4 Å². The Hall–Kier alpha value is -2.17. The number of nitrogens with zero attached hydrogens (tertiary/aromatic N) is 2. The fourth-order valence-corrected chi connectivity index (χ4v) is 1.17. The highest BCUT2D eigenvalue weighted by Gasteiger charge is 2.06. The van der Waals surface area contributed by atoms with Gasteiger partial charge in [-0.2, -0.15) is 4.68 Å². The molecule has 0 N–H and O–H groups in total. The molecule has 5 nitrogen and oxygen atoms in total. The predicted octanol–water partition coefficient (Wildman–Crippen LogP) is 0.853. The third-order valence-corrected chi connectivity index (χ3v) is 1.98. The molecule has 0 aliphatic heterocycles. The van der Waals surface area contributed by atoms with Crippen LogP contribution in [0.25, 0.3) is 11.5 Å². The molecule has 2 rings (SSSR count). The summed E-state index contributed by atoms with van der Waals surface area (Å²) < 4.78 is 6.00. The van der Waals surface area contributed by atoms with Crippen molar-refractivity contribution >= 4 is 6.29 Å². The SMILES string of the molecule is Cn1nc(-c2ccc(C=O)cc2)oc1=O. The van der Waals surface area contributed by atoms with Gasteiger partial charge in [0.25, 0.3) is 0 Å². The monoisotopic (exact) mass is 204 g/mol. The number of carbonyl (C=O) groups is 1. The van der Waals surface area contributed by atoms with E-state index in [-0.39, 0.29) is 5.89 Å². The minimum atomic E-state index is -0.510. The summed E-state index contributed by atoms with van der Waals surface area (Å²) in [5, 5.41) is 3.89. The van der Waals surface area contributed by atoms with Crippen molar-refractivity contribution in [3.63, 3.8) is 0 Å². The lowest BCUT2D eigenvalue weighted by Crippen LogP contribution is -2.09. The fourth-order valence-electron chi connectivity index (χ4n) is 1.17. The molecule has 0 aliphatic carbocycles. The predicted molar refractivity (Wildman–Crippen MR) is 52.6 cm³/mol. The standard InChI is InChI=1S/C10H8N2O3/c1-12-10(14)15-9(11-12)8-4-2-7(6-13)3-5-8/h2-6H,1H3. The molecule has 2 aromatic rings. The van der Waals surface area contributed by atoms with Gasteiger partial charge in [-0.15, -0.1) is 5.10 Å². The molecular formula is C10H8N2O3. The van der Waals surface area contributed by atoms with E-state index in [0.717, 1.165) is 11.0 Å². The van der Waals surface area contributed by atoms with E-state index in [4.69, 9.17) is 4.42 Å². The van der Waals surface area contributed by atoms with Crippen LogP contribution >= 0.6 is 0 Å². The molecule has 0 atom stereocenters. The lowest BCUT2D eigenvalue weighted by Gasteiger charge is -1.93. The minimum absolute atomic E-state index is 0.250. The van der Waals surface area contributed by atoms with Crippen molar-refractivity contribution in [1.82, 2.24) is 9.78 Å². The first-order valence-electron chi connectivity index (χ1n) is 4.30. The summed E-state index contributed by atoms with van der Waals surface area (Å²) in [6.07, 6.45) is 0.748. The topological polar surface area (TPSA) is 65.1 Å². The lowest BCUT2D eigenvalue weighted by molar-refractivity contribution is 0.112. The van der Waals surface area contributed by atoms with Gasteiger partial charge in [0.1, 0.15) is 6.29 Å². The number of aromatic nitrogens is 2. The van der Waals surface area contributed by atoms with E-state index in [0.29, 0.717) is 11.1 Å². The van der Waals surface area contributed by atoms with Gasteiger partial charge in [0.2, 0.25) is 5.89 Å². The zero-order chi connectivity index (χ0) is 10.8. The molecule has 0 fully saturated rings. The van der Waals surface area contributed by atoms with Crippen LogP contribution in [0, 0.1) is 0 Å². The Labute approximate surface area is 85.0 Å². The van der Waals surface area contributed by atoms with Gasteiger partial charge in [0.05, 0.1) is 0 Å². The number of carbonyl (C=O) groups excluding carboxylic acids is 1. The highest BCUT2D eigenvalue weighted by molar-refractivity contribution is 5.75. The molecule has 0 bridgehead atoms. The van der Waals surface area contributed by atoms with Crippen LogP contribution in [0.2, 0.25) is 0 Å². The van der Waals surface area contributed by atoms with E-state index in [9.17, 15) is 9.59 Å². The van der Waals surface area contributed by atoms with Crippen LogP contribution in [0.4, 0.5) is 0 Å². The Morgan fingerprint density at radius 1 is 1.33 bits per heavy atom. The van der Waals surface area contributed by atoms with Gasteiger partial charge in [-0.1, -0.05) is 12.1 Å². The maximum absolute atomic E-state index is 11.0. The molecule has 1 heterocycles. The number of rotatable bonds is 2. The first-order valence-corrected chi connectivity index (χ1v) is 4.30. The van der Waals surface area contributed by atoms with Gasteiger partial charge >= 0.3 is 5.76 Å². The highest BCUT2D eigenvalue weighted by Crippen LogP contribution is 2.14. The number of aldehydes is 1. The molecule has 0 saturated heterocycles. The molecule has 0 spiro atoms. The van der Waals surface area contributed by atoms with Crippen LogP contribution in [0.15, 0.2) is 33.5 Å². The Morgan fingerprint density at radius 3 is 2.47 bits per heavy atom. The number of aryl methyl sites for hydroxylation is 1. The normalized spacial score (nSPS) is 10.2. The molecule has 1 aromatic heterocycles. The largest absolute Gasteiger partial charge is 0.437 e. The second-order valence-electron chi connectivity index (χ2n) is 3.04. The first-order chi connectivity index (χ1) is 7.20. The Kier molecular flexibility index (Phi) is 2.21. The molecule has 1 aromatic carbocycles. The van der Waals surface area contributed by atoms with E-state index in [1.54, 1.807) is 24.3 Å². The van der Waals surface area contributed by atoms with Gasteiger partial charge in [0.15, 0.2) is 0 Å². The molecule has 0 saturated carbocycles. The molecular weight excluding hydrogens is 196 g/mol. The van der Waals surface area contributed by atoms with Crippen LogP contribution in [-0.2, 0) is 7.05 Å². The Balaban J connectivity index is 2.45. The molecule has 76 valence electrons. The van der Waals surface area contributed by atoms with Crippen molar-refractivity contribution < 1.29 is 9.21 Å². The van der Waals surface area contributed by atoms with Gasteiger partial charge in [0, 0.05) is 18.2 Å². The second kappa shape index (κ2) is 3.53. The Morgan fingerprint density at radius 2 is 2.00 bits per heavy atom. The fraction of sp³-hybridized carbons (Fsp3) is 0.100. The van der Waals surface area contributed by atoms with Crippen LogP contribution < -0.4 is 5.76 Å². The van der Waals surface area contributed by atoms with E-state index in [2.05, 4.69) is 5.10 Å². The number of benzene rings is 1. The van der Waals surface area contributed by atoms with Gasteiger partial charge in [-0.05, 0) is 12.1 Å². The van der Waals surface area contributed by atoms with Crippen molar-refractivity contribution in [2.75, 3.05) is 0 Å². The summed E-state index contributed by atoms with van der Waals surface area (Å²) in [7, 11) is 1.51. The third kappa shape index (κ3) is 1.71. The van der Waals surface area contributed by atoms with Crippen molar-refractivity contribution in [3.05, 3.63) is 40.4 Å². The minimum Gasteiger partial charge on any atom is -0.388 e. The second-order valence-corrected chi connectivity index (χ2v) is 3.04. The van der Waals surface area contributed by atoms with Gasteiger partial charge < -0.3 is 4.42 Å². The summed E-state index contributed by atoms with van der Waals surface area (Å²) in [4.78, 5) is 21.4. The maximum atomic E-state index is 11.0. The number of hydrogen-bond acceptors (Lipinski definition) is 4. The van der Waals surface area contributed by atoms with E-state index < -0.39 is 5.76 Å². The average Bonchev–Trinajstić information content (AvgIpc) is 2.59. The molecule has 0 radical (unpaired) electrons. The summed E-state index contributed by atoms with van der Waals surface area (Å²) in [6.45, 7) is 0.